The van der Waals surface area contributed by atoms with Crippen LogP contribution in [0.2, 0.25) is 0 Å². The Bertz CT molecular complexity index is 683. The molecule has 8 heteroatoms. The van der Waals surface area contributed by atoms with Crippen molar-refractivity contribution in [2.24, 2.45) is 5.84 Å². The van der Waals surface area contributed by atoms with E-state index >= 15 is 0 Å². The molecule has 0 bridgehead atoms. The van der Waals surface area contributed by atoms with Gasteiger partial charge in [0.2, 0.25) is 5.88 Å². The van der Waals surface area contributed by atoms with Crippen LogP contribution in [0.15, 0.2) is 35.1 Å². The number of carbonyl (C=O) groups excluding carboxylic acids is 1. The first-order chi connectivity index (χ1) is 9.63. The summed E-state index contributed by atoms with van der Waals surface area (Å²) >= 11 is 0. The molecule has 3 N–H and O–H groups in total. The summed E-state index contributed by atoms with van der Waals surface area (Å²) in [6.07, 6.45) is 0. The first-order valence-corrected chi connectivity index (χ1v) is 5.73. The maximum Gasteiger partial charge on any atom is 0.283 e. The van der Waals surface area contributed by atoms with Crippen LogP contribution in [0.25, 0.3) is 0 Å². The smallest absolute Gasteiger partial charge is 0.283 e. The fourth-order valence-corrected chi connectivity index (χ4v) is 1.57. The molecule has 2 heterocycles. The van der Waals surface area contributed by atoms with E-state index in [1.165, 1.54) is 30.0 Å². The highest BCUT2D eigenvalue weighted by atomic mass is 16.5. The standard InChI is InChI=1S/C12H13N5O3/c1-20-10-5-6-11(18)17(16-10)7-8-3-2-4-9(14-8)12(19)15-13/h2-6H,7,13H2,1H3,(H,15,19). The summed E-state index contributed by atoms with van der Waals surface area (Å²) in [5.74, 6) is 4.86. The summed E-state index contributed by atoms with van der Waals surface area (Å²) < 4.78 is 6.15. The van der Waals surface area contributed by atoms with E-state index in [9.17, 15) is 9.59 Å². The van der Waals surface area contributed by atoms with Gasteiger partial charge in [0, 0.05) is 12.1 Å². The number of methoxy groups -OCH3 is 1. The number of aromatic nitrogens is 3. The third-order valence-electron chi connectivity index (χ3n) is 2.53. The normalized spacial score (nSPS) is 10.1. The van der Waals surface area contributed by atoms with Crippen LogP contribution in [0.4, 0.5) is 0 Å². The highest BCUT2D eigenvalue weighted by Gasteiger charge is 2.08. The minimum atomic E-state index is -0.502. The molecule has 0 aliphatic heterocycles. The minimum Gasteiger partial charge on any atom is -0.480 e. The van der Waals surface area contributed by atoms with Gasteiger partial charge in [0.15, 0.2) is 0 Å². The predicted octanol–water partition coefficient (Wildman–Crippen LogP) is -0.701. The lowest BCUT2D eigenvalue weighted by Crippen LogP contribution is -2.31. The molecule has 0 fully saturated rings. The van der Waals surface area contributed by atoms with E-state index in [-0.39, 0.29) is 17.8 Å². The largest absolute Gasteiger partial charge is 0.480 e. The van der Waals surface area contributed by atoms with Gasteiger partial charge in [-0.25, -0.2) is 15.5 Å². The lowest BCUT2D eigenvalue weighted by atomic mass is 10.3. The van der Waals surface area contributed by atoms with E-state index in [0.717, 1.165) is 0 Å². The summed E-state index contributed by atoms with van der Waals surface area (Å²) in [5.41, 5.74) is 2.38. The summed E-state index contributed by atoms with van der Waals surface area (Å²) in [6, 6.07) is 7.68. The molecule has 104 valence electrons. The monoisotopic (exact) mass is 275 g/mol. The van der Waals surface area contributed by atoms with Crippen LogP contribution in [-0.2, 0) is 6.54 Å². The van der Waals surface area contributed by atoms with Gasteiger partial charge in [0.1, 0.15) is 5.69 Å². The molecule has 20 heavy (non-hydrogen) atoms. The molecule has 1 amide bonds. The third kappa shape index (κ3) is 2.98. The van der Waals surface area contributed by atoms with Gasteiger partial charge >= 0.3 is 0 Å². The molecule has 2 rings (SSSR count). The Kier molecular flexibility index (Phi) is 4.06. The lowest BCUT2D eigenvalue weighted by molar-refractivity contribution is 0.0948. The van der Waals surface area contributed by atoms with Gasteiger partial charge in [-0.1, -0.05) is 6.07 Å². The average Bonchev–Trinajstić information content (AvgIpc) is 2.49. The molecule has 0 radical (unpaired) electrons. The predicted molar refractivity (Wildman–Crippen MR) is 70.0 cm³/mol. The number of nitrogens with one attached hydrogen (secondary N) is 1. The van der Waals surface area contributed by atoms with Crippen molar-refractivity contribution in [1.82, 2.24) is 20.2 Å². The van der Waals surface area contributed by atoms with Crippen molar-refractivity contribution in [3.63, 3.8) is 0 Å². The van der Waals surface area contributed by atoms with Crippen molar-refractivity contribution in [1.29, 1.82) is 0 Å². The van der Waals surface area contributed by atoms with Gasteiger partial charge in [0.25, 0.3) is 11.5 Å². The summed E-state index contributed by atoms with van der Waals surface area (Å²) in [6.45, 7) is 0.127. The van der Waals surface area contributed by atoms with Crippen molar-refractivity contribution in [3.8, 4) is 5.88 Å². The first-order valence-electron chi connectivity index (χ1n) is 5.73. The van der Waals surface area contributed by atoms with Crippen LogP contribution >= 0.6 is 0 Å². The second kappa shape index (κ2) is 5.93. The van der Waals surface area contributed by atoms with Crippen molar-refractivity contribution < 1.29 is 9.53 Å². The number of hydrogen-bond acceptors (Lipinski definition) is 6. The third-order valence-corrected chi connectivity index (χ3v) is 2.53. The minimum absolute atomic E-state index is 0.127. The average molecular weight is 275 g/mol. The number of hydrogen-bond donors (Lipinski definition) is 2. The zero-order valence-electron chi connectivity index (χ0n) is 10.7. The van der Waals surface area contributed by atoms with Gasteiger partial charge in [0.05, 0.1) is 19.3 Å². The number of carbonyl (C=O) groups is 1. The number of hydrazine groups is 1. The molecule has 0 spiro atoms. The van der Waals surface area contributed by atoms with E-state index in [2.05, 4.69) is 10.1 Å². The highest BCUT2D eigenvalue weighted by Crippen LogP contribution is 2.03. The number of amides is 1. The van der Waals surface area contributed by atoms with E-state index in [4.69, 9.17) is 10.6 Å². The molecule has 0 saturated heterocycles. The second-order valence-corrected chi connectivity index (χ2v) is 3.86. The van der Waals surface area contributed by atoms with Crippen molar-refractivity contribution in [2.45, 2.75) is 6.54 Å². The first kappa shape index (κ1) is 13.7. The fourth-order valence-electron chi connectivity index (χ4n) is 1.57. The molecule has 0 aliphatic carbocycles. The summed E-state index contributed by atoms with van der Waals surface area (Å²) in [5, 5.41) is 4.00. The molecule has 0 aromatic carbocycles. The van der Waals surface area contributed by atoms with Gasteiger partial charge in [-0.2, -0.15) is 0 Å². The Morgan fingerprint density at radius 1 is 1.40 bits per heavy atom. The molecule has 0 unspecified atom stereocenters. The van der Waals surface area contributed by atoms with E-state index in [0.29, 0.717) is 11.6 Å². The molecule has 0 atom stereocenters. The molecule has 2 aromatic rings. The number of ether oxygens (including phenoxy) is 1. The van der Waals surface area contributed by atoms with Crippen LogP contribution in [0, 0.1) is 0 Å². The highest BCUT2D eigenvalue weighted by molar-refractivity contribution is 5.91. The Morgan fingerprint density at radius 2 is 2.20 bits per heavy atom. The molecule has 0 saturated carbocycles. The molecular weight excluding hydrogens is 262 g/mol. The number of nitrogens with zero attached hydrogens (tertiary/aromatic N) is 3. The van der Waals surface area contributed by atoms with E-state index in [1.807, 2.05) is 5.43 Å². The quantitative estimate of drug-likeness (QED) is 0.433. The Labute approximate surface area is 114 Å². The molecule has 0 aliphatic rings. The van der Waals surface area contributed by atoms with Gasteiger partial charge in [-0.05, 0) is 12.1 Å². The Hall–Kier alpha value is -2.74. The van der Waals surface area contributed by atoms with Crippen molar-refractivity contribution in [3.05, 3.63) is 52.1 Å². The lowest BCUT2D eigenvalue weighted by Gasteiger charge is -2.06. The maximum atomic E-state index is 11.7. The van der Waals surface area contributed by atoms with Crippen molar-refractivity contribution >= 4 is 5.91 Å². The Balaban J connectivity index is 2.30. The molecule has 2 aromatic heterocycles. The van der Waals surface area contributed by atoms with Gasteiger partial charge < -0.3 is 4.74 Å². The summed E-state index contributed by atoms with van der Waals surface area (Å²) in [4.78, 5) is 27.2. The van der Waals surface area contributed by atoms with Crippen LogP contribution in [0.3, 0.4) is 0 Å². The van der Waals surface area contributed by atoms with Crippen LogP contribution in [0.1, 0.15) is 16.2 Å². The molecular formula is C12H13N5O3. The maximum absolute atomic E-state index is 11.7. The zero-order valence-corrected chi connectivity index (χ0v) is 10.7. The van der Waals surface area contributed by atoms with E-state index < -0.39 is 5.91 Å². The fraction of sp³-hybridized carbons (Fsp3) is 0.167. The summed E-state index contributed by atoms with van der Waals surface area (Å²) in [7, 11) is 1.46. The number of nitrogens with two attached hydrogens (primary N) is 1. The topological polar surface area (TPSA) is 112 Å². The number of pyridine rings is 1. The molecule has 8 nitrogen and oxygen atoms in total. The second-order valence-electron chi connectivity index (χ2n) is 3.86. The van der Waals surface area contributed by atoms with Gasteiger partial charge in [-0.15, -0.1) is 5.10 Å². The van der Waals surface area contributed by atoms with Crippen LogP contribution in [-0.4, -0.2) is 27.8 Å². The van der Waals surface area contributed by atoms with E-state index in [1.54, 1.807) is 12.1 Å². The number of nitrogen functional groups attached to an aromatic ring is 1. The van der Waals surface area contributed by atoms with Crippen molar-refractivity contribution in [2.75, 3.05) is 7.11 Å². The van der Waals surface area contributed by atoms with Crippen LogP contribution in [0.5, 0.6) is 5.88 Å². The Morgan fingerprint density at radius 3 is 2.90 bits per heavy atom. The number of rotatable bonds is 4. The van der Waals surface area contributed by atoms with Gasteiger partial charge in [-0.3, -0.25) is 15.0 Å². The van der Waals surface area contributed by atoms with Crippen LogP contribution < -0.4 is 21.6 Å². The zero-order chi connectivity index (χ0) is 14.5. The SMILES string of the molecule is COc1ccc(=O)n(Cc2cccc(C(=O)NN)n2)n1.